The molecule has 3 rings (SSSR count). The van der Waals surface area contributed by atoms with Crippen molar-refractivity contribution in [3.05, 3.63) is 63.8 Å². The number of nitriles is 1. The van der Waals surface area contributed by atoms with Crippen molar-refractivity contribution in [1.29, 1.82) is 5.26 Å². The van der Waals surface area contributed by atoms with Crippen LogP contribution >= 0.6 is 0 Å². The molecule has 1 N–H and O–H groups in total. The number of ether oxygens (including phenoxy) is 2. The molecule has 0 amide bonds. The van der Waals surface area contributed by atoms with E-state index in [4.69, 9.17) is 9.47 Å². The molecular formula is C24H24N2O5. The maximum atomic E-state index is 13.2. The van der Waals surface area contributed by atoms with Crippen LogP contribution in [-0.4, -0.2) is 22.1 Å². The molecule has 2 aromatic rings. The van der Waals surface area contributed by atoms with Gasteiger partial charge in [0.05, 0.1) is 11.1 Å². The quantitative estimate of drug-likeness (QED) is 0.618. The van der Waals surface area contributed by atoms with Gasteiger partial charge in [0.15, 0.2) is 5.78 Å². The highest BCUT2D eigenvalue weighted by Crippen LogP contribution is 2.42. The molecule has 0 fully saturated rings. The minimum atomic E-state index is -1.10. The number of carbonyl (C=O) groups excluding carboxylic acids is 1. The second kappa shape index (κ2) is 7.97. The van der Waals surface area contributed by atoms with Gasteiger partial charge in [0.25, 0.3) is 0 Å². The van der Waals surface area contributed by atoms with Crippen LogP contribution in [0, 0.1) is 16.2 Å². The molecule has 0 unspecified atom stereocenters. The molecule has 0 saturated carbocycles. The lowest BCUT2D eigenvalue weighted by molar-refractivity contribution is -0.158. The summed E-state index contributed by atoms with van der Waals surface area (Å²) in [6, 6.07) is 11.5. The lowest BCUT2D eigenvalue weighted by Crippen LogP contribution is -2.49. The minimum Gasteiger partial charge on any atom is -0.508 e. The standard InChI is InChI=1S/C24H24N2O5/c1-6-14-7-8-17(30-16-9-10-19(26-29)15(11-16)13-25)12-18(14)20-21(27)23(2,3)31-24(4,5)22(20)28/h7-12,27H,6H2,1-5H3. The molecular weight excluding hydrogens is 396 g/mol. The molecule has 0 spiro atoms. The summed E-state index contributed by atoms with van der Waals surface area (Å²) in [6.07, 6.45) is 0.639. The third kappa shape index (κ3) is 4.07. The molecule has 1 aliphatic rings. The first-order valence-electron chi connectivity index (χ1n) is 9.91. The largest absolute Gasteiger partial charge is 0.508 e. The van der Waals surface area contributed by atoms with E-state index in [1.807, 2.05) is 19.1 Å². The smallest absolute Gasteiger partial charge is 0.198 e. The number of aryl methyl sites for hydroxylation is 1. The summed E-state index contributed by atoms with van der Waals surface area (Å²) < 4.78 is 11.7. The van der Waals surface area contributed by atoms with Crippen LogP contribution in [0.2, 0.25) is 0 Å². The van der Waals surface area contributed by atoms with Crippen LogP contribution in [0.1, 0.15) is 51.3 Å². The topological polar surface area (TPSA) is 109 Å². The van der Waals surface area contributed by atoms with Gasteiger partial charge in [0, 0.05) is 6.07 Å². The van der Waals surface area contributed by atoms with Crippen molar-refractivity contribution < 1.29 is 19.4 Å². The monoisotopic (exact) mass is 420 g/mol. The first-order valence-corrected chi connectivity index (χ1v) is 9.91. The van der Waals surface area contributed by atoms with Crippen molar-refractivity contribution in [2.24, 2.45) is 5.18 Å². The Hall–Kier alpha value is -3.50. The highest BCUT2D eigenvalue weighted by molar-refractivity contribution is 6.26. The Morgan fingerprint density at radius 2 is 1.74 bits per heavy atom. The summed E-state index contributed by atoms with van der Waals surface area (Å²) in [5.74, 6) is 0.315. The van der Waals surface area contributed by atoms with Crippen LogP contribution in [0.25, 0.3) is 5.57 Å². The Morgan fingerprint density at radius 3 is 2.35 bits per heavy atom. The summed E-state index contributed by atoms with van der Waals surface area (Å²) >= 11 is 0. The summed E-state index contributed by atoms with van der Waals surface area (Å²) in [5.41, 5.74) is -0.361. The first-order chi connectivity index (χ1) is 14.5. The number of aliphatic hydroxyl groups is 1. The van der Waals surface area contributed by atoms with Gasteiger partial charge in [-0.15, -0.1) is 4.91 Å². The molecule has 0 radical (unpaired) electrons. The molecule has 7 nitrogen and oxygen atoms in total. The number of nitrogens with zero attached hydrogens (tertiary/aromatic N) is 2. The molecule has 31 heavy (non-hydrogen) atoms. The van der Waals surface area contributed by atoms with Crippen molar-refractivity contribution in [3.63, 3.8) is 0 Å². The lowest BCUT2D eigenvalue weighted by atomic mass is 9.81. The van der Waals surface area contributed by atoms with E-state index >= 15 is 0 Å². The van der Waals surface area contributed by atoms with Gasteiger partial charge in [0.1, 0.15) is 40.2 Å². The minimum absolute atomic E-state index is 0.0317. The number of hydrogen-bond acceptors (Lipinski definition) is 7. The van der Waals surface area contributed by atoms with Crippen molar-refractivity contribution >= 4 is 17.0 Å². The fourth-order valence-electron chi connectivity index (χ4n) is 3.74. The Labute approximate surface area is 180 Å². The Bertz CT molecular complexity index is 1140. The number of aliphatic hydroxyl groups excluding tert-OH is 1. The highest BCUT2D eigenvalue weighted by atomic mass is 16.5. The van der Waals surface area contributed by atoms with Crippen LogP contribution in [0.5, 0.6) is 11.5 Å². The maximum Gasteiger partial charge on any atom is 0.198 e. The molecule has 0 aliphatic carbocycles. The summed E-state index contributed by atoms with van der Waals surface area (Å²) in [6.45, 7) is 8.76. The molecule has 0 aromatic heterocycles. The van der Waals surface area contributed by atoms with Crippen LogP contribution in [0.4, 0.5) is 5.69 Å². The fraction of sp³-hybridized carbons (Fsp3) is 0.333. The molecule has 0 bridgehead atoms. The van der Waals surface area contributed by atoms with E-state index in [9.17, 15) is 20.1 Å². The second-order valence-electron chi connectivity index (χ2n) is 8.33. The predicted octanol–water partition coefficient (Wildman–Crippen LogP) is 5.74. The molecule has 1 aliphatic heterocycles. The Kier molecular flexibility index (Phi) is 5.70. The van der Waals surface area contributed by atoms with Gasteiger partial charge in [-0.3, -0.25) is 4.79 Å². The number of ketones is 1. The number of hydrogen-bond donors (Lipinski definition) is 1. The number of carbonyl (C=O) groups is 1. The number of benzene rings is 2. The van der Waals surface area contributed by atoms with Gasteiger partial charge in [-0.25, -0.2) is 0 Å². The molecule has 2 aromatic carbocycles. The maximum absolute atomic E-state index is 13.2. The van der Waals surface area contributed by atoms with E-state index in [0.29, 0.717) is 23.5 Å². The summed E-state index contributed by atoms with van der Waals surface area (Å²) in [4.78, 5) is 24.0. The van der Waals surface area contributed by atoms with E-state index in [-0.39, 0.29) is 28.4 Å². The lowest BCUT2D eigenvalue weighted by Gasteiger charge is -2.40. The molecule has 0 saturated heterocycles. The van der Waals surface area contributed by atoms with Crippen molar-refractivity contribution in [2.45, 2.75) is 52.2 Å². The van der Waals surface area contributed by atoms with Gasteiger partial charge < -0.3 is 14.6 Å². The zero-order chi connectivity index (χ0) is 23.0. The van der Waals surface area contributed by atoms with Crippen LogP contribution in [0.3, 0.4) is 0 Å². The average Bonchev–Trinajstić information content (AvgIpc) is 2.72. The third-order valence-electron chi connectivity index (χ3n) is 5.25. The molecule has 0 atom stereocenters. The number of Topliss-reactive ketones (excluding diaryl/α,β-unsaturated/α-hetero) is 1. The van der Waals surface area contributed by atoms with Crippen molar-refractivity contribution in [2.75, 3.05) is 0 Å². The summed E-state index contributed by atoms with van der Waals surface area (Å²) in [7, 11) is 0. The van der Waals surface area contributed by atoms with Gasteiger partial charge in [-0.1, -0.05) is 13.0 Å². The van der Waals surface area contributed by atoms with Crippen molar-refractivity contribution in [3.8, 4) is 17.6 Å². The van der Waals surface area contributed by atoms with E-state index in [1.165, 1.54) is 18.2 Å². The molecule has 1 heterocycles. The molecule has 160 valence electrons. The van der Waals surface area contributed by atoms with Crippen molar-refractivity contribution in [1.82, 2.24) is 0 Å². The van der Waals surface area contributed by atoms with Gasteiger partial charge in [-0.2, -0.15) is 5.26 Å². The second-order valence-corrected chi connectivity index (χ2v) is 8.33. The van der Waals surface area contributed by atoms with E-state index in [0.717, 1.165) is 5.56 Å². The van der Waals surface area contributed by atoms with E-state index in [1.54, 1.807) is 39.8 Å². The first kappa shape index (κ1) is 22.2. The highest BCUT2D eigenvalue weighted by Gasteiger charge is 2.47. The van der Waals surface area contributed by atoms with E-state index < -0.39 is 11.2 Å². The summed E-state index contributed by atoms with van der Waals surface area (Å²) in [5, 5.41) is 22.9. The molecule has 7 heteroatoms. The number of nitroso groups, excluding NO2 is 1. The van der Waals surface area contributed by atoms with Gasteiger partial charge in [0.2, 0.25) is 0 Å². The number of rotatable bonds is 5. The zero-order valence-electron chi connectivity index (χ0n) is 18.1. The Morgan fingerprint density at radius 1 is 1.10 bits per heavy atom. The predicted molar refractivity (Wildman–Crippen MR) is 116 cm³/mol. The average molecular weight is 420 g/mol. The zero-order valence-corrected chi connectivity index (χ0v) is 18.1. The van der Waals surface area contributed by atoms with Gasteiger partial charge in [-0.05, 0) is 74.7 Å². The Balaban J connectivity index is 2.11. The normalized spacial score (nSPS) is 17.2. The third-order valence-corrected chi connectivity index (χ3v) is 5.25. The fourth-order valence-corrected chi connectivity index (χ4v) is 3.74. The van der Waals surface area contributed by atoms with Crippen LogP contribution in [-0.2, 0) is 16.0 Å². The van der Waals surface area contributed by atoms with Gasteiger partial charge >= 0.3 is 0 Å². The SMILES string of the molecule is CCc1ccc(Oc2ccc(N=O)c(C#N)c2)cc1C1=C(O)C(C)(C)OC(C)(C)C1=O. The van der Waals surface area contributed by atoms with E-state index in [2.05, 4.69) is 5.18 Å². The van der Waals surface area contributed by atoms with Crippen LogP contribution in [0.15, 0.2) is 47.3 Å². The van der Waals surface area contributed by atoms with Crippen LogP contribution < -0.4 is 4.74 Å².